The normalized spacial score (nSPS) is 10.3. The molecule has 0 atom stereocenters. The van der Waals surface area contributed by atoms with Crippen molar-refractivity contribution in [1.29, 1.82) is 0 Å². The second-order valence-electron chi connectivity index (χ2n) is 3.12. The van der Waals surface area contributed by atoms with Crippen molar-refractivity contribution in [3.05, 3.63) is 39.6 Å². The minimum absolute atomic E-state index is 0.0449. The van der Waals surface area contributed by atoms with Gasteiger partial charge in [-0.05, 0) is 36.4 Å². The first kappa shape index (κ1) is 12.7. The quantitative estimate of drug-likeness (QED) is 0.369. The zero-order valence-corrected chi connectivity index (χ0v) is 10.6. The molecule has 2 aromatic heterocycles. The van der Waals surface area contributed by atoms with Crippen molar-refractivity contribution in [3.8, 4) is 0 Å². The Labute approximate surface area is 111 Å². The van der Waals surface area contributed by atoms with Crippen LogP contribution in [-0.4, -0.2) is 24.9 Å². The molecule has 0 fully saturated rings. The number of hydrogen-bond donors (Lipinski definition) is 0. The zero-order valence-electron chi connectivity index (χ0n) is 9.07. The highest BCUT2D eigenvalue weighted by molar-refractivity contribution is 7.99. The summed E-state index contributed by atoms with van der Waals surface area (Å²) in [5, 5.41) is 11.4. The molecular formula is C9H6ClN5O2S. The van der Waals surface area contributed by atoms with Crippen molar-refractivity contribution < 1.29 is 4.92 Å². The Balaban J connectivity index is 2.46. The number of nitrogens with zero attached hydrogens (tertiary/aromatic N) is 5. The molecule has 0 aromatic carbocycles. The topological polar surface area (TPSA) is 94.7 Å². The highest BCUT2D eigenvalue weighted by Crippen LogP contribution is 2.33. The lowest BCUT2D eigenvalue weighted by Gasteiger charge is -2.03. The van der Waals surface area contributed by atoms with Crippen LogP contribution in [0.1, 0.15) is 5.69 Å². The third kappa shape index (κ3) is 2.71. The molecule has 2 heterocycles. The van der Waals surface area contributed by atoms with Gasteiger partial charge in [-0.1, -0.05) is 0 Å². The summed E-state index contributed by atoms with van der Waals surface area (Å²) in [5.74, 6) is 0. The summed E-state index contributed by atoms with van der Waals surface area (Å²) in [4.78, 5) is 25.9. The zero-order chi connectivity index (χ0) is 13.1. The Morgan fingerprint density at radius 1 is 1.33 bits per heavy atom. The van der Waals surface area contributed by atoms with Gasteiger partial charge >= 0.3 is 5.69 Å². The van der Waals surface area contributed by atoms with Crippen molar-refractivity contribution in [2.45, 2.75) is 17.1 Å². The first-order valence-electron chi connectivity index (χ1n) is 4.71. The molecule has 9 heteroatoms. The van der Waals surface area contributed by atoms with Crippen molar-refractivity contribution >= 4 is 29.1 Å². The molecule has 2 aromatic rings. The number of aryl methyl sites for hydroxylation is 1. The molecule has 0 aliphatic heterocycles. The molecule has 0 saturated heterocycles. The van der Waals surface area contributed by atoms with Crippen molar-refractivity contribution in [2.24, 2.45) is 0 Å². The minimum atomic E-state index is -0.545. The molecule has 0 N–H and O–H groups in total. The largest absolute Gasteiger partial charge is 0.322 e. The van der Waals surface area contributed by atoms with E-state index in [9.17, 15) is 10.1 Å². The summed E-state index contributed by atoms with van der Waals surface area (Å²) in [7, 11) is 0. The van der Waals surface area contributed by atoms with Crippen LogP contribution in [0.15, 0.2) is 28.6 Å². The number of hydrogen-bond acceptors (Lipinski definition) is 7. The Morgan fingerprint density at radius 2 is 2.00 bits per heavy atom. The second-order valence-corrected chi connectivity index (χ2v) is 4.42. The lowest BCUT2D eigenvalue weighted by Crippen LogP contribution is -2.00. The van der Waals surface area contributed by atoms with E-state index in [2.05, 4.69) is 19.9 Å². The number of halogens is 1. The third-order valence-corrected chi connectivity index (χ3v) is 2.95. The number of rotatable bonds is 3. The Hall–Kier alpha value is -1.80. The fourth-order valence-electron chi connectivity index (χ4n) is 1.21. The highest BCUT2D eigenvalue weighted by Gasteiger charge is 2.23. The van der Waals surface area contributed by atoms with Crippen LogP contribution in [0.5, 0.6) is 0 Å². The molecule has 2 rings (SSSR count). The first-order valence-corrected chi connectivity index (χ1v) is 5.91. The molecule has 7 nitrogen and oxygen atoms in total. The van der Waals surface area contributed by atoms with Gasteiger partial charge in [-0.2, -0.15) is 0 Å². The van der Waals surface area contributed by atoms with E-state index >= 15 is 0 Å². The summed E-state index contributed by atoms with van der Waals surface area (Å²) in [6, 6.07) is 1.65. The monoisotopic (exact) mass is 283 g/mol. The van der Waals surface area contributed by atoms with Crippen molar-refractivity contribution in [1.82, 2.24) is 19.9 Å². The van der Waals surface area contributed by atoms with Crippen LogP contribution >= 0.6 is 23.4 Å². The van der Waals surface area contributed by atoms with Crippen molar-refractivity contribution in [2.75, 3.05) is 0 Å². The summed E-state index contributed by atoms with van der Waals surface area (Å²) in [5.41, 5.74) is 0.0234. The van der Waals surface area contributed by atoms with Crippen LogP contribution in [0, 0.1) is 17.0 Å². The smallest absolute Gasteiger partial charge is 0.258 e. The fraction of sp³-hybridized carbons (Fsp3) is 0.111. The third-order valence-electron chi connectivity index (χ3n) is 1.91. The molecule has 18 heavy (non-hydrogen) atoms. The van der Waals surface area contributed by atoms with Crippen LogP contribution < -0.4 is 0 Å². The first-order chi connectivity index (χ1) is 8.58. The van der Waals surface area contributed by atoms with Crippen LogP contribution in [0.4, 0.5) is 5.69 Å². The van der Waals surface area contributed by atoms with E-state index in [-0.39, 0.29) is 21.7 Å². The average molecular weight is 284 g/mol. The van der Waals surface area contributed by atoms with Gasteiger partial charge in [0.05, 0.1) is 4.92 Å². The lowest BCUT2D eigenvalue weighted by atomic mass is 10.4. The van der Waals surface area contributed by atoms with Crippen molar-refractivity contribution in [3.63, 3.8) is 0 Å². The van der Waals surface area contributed by atoms with Gasteiger partial charge in [-0.15, -0.1) is 0 Å². The van der Waals surface area contributed by atoms with Crippen LogP contribution in [0.3, 0.4) is 0 Å². The SMILES string of the molecule is Cc1nc(Cl)nc(Sc2ncccn2)c1[N+](=O)[O-]. The maximum absolute atomic E-state index is 11.0. The molecule has 0 saturated carbocycles. The standard InChI is InChI=1S/C9H6ClN5O2S/c1-5-6(15(16)17)7(14-8(10)13-5)18-9-11-3-2-4-12-9/h2-4H,1H3. The molecular weight excluding hydrogens is 278 g/mol. The van der Waals surface area contributed by atoms with Crippen LogP contribution in [0.25, 0.3) is 0 Å². The van der Waals surface area contributed by atoms with Crippen LogP contribution in [0.2, 0.25) is 5.28 Å². The Bertz CT molecular complexity index is 595. The van der Waals surface area contributed by atoms with Gasteiger partial charge in [0.1, 0.15) is 5.69 Å². The molecule has 0 radical (unpaired) electrons. The maximum Gasteiger partial charge on any atom is 0.322 e. The van der Waals surface area contributed by atoms with Gasteiger partial charge in [-0.3, -0.25) is 10.1 Å². The summed E-state index contributed by atoms with van der Waals surface area (Å²) in [6.07, 6.45) is 3.08. The Morgan fingerprint density at radius 3 is 2.61 bits per heavy atom. The fourth-order valence-corrected chi connectivity index (χ4v) is 2.33. The molecule has 92 valence electrons. The van der Waals surface area contributed by atoms with E-state index in [4.69, 9.17) is 11.6 Å². The highest BCUT2D eigenvalue weighted by atomic mass is 35.5. The van der Waals surface area contributed by atoms with Crippen LogP contribution in [-0.2, 0) is 0 Å². The molecule has 0 amide bonds. The minimum Gasteiger partial charge on any atom is -0.258 e. The lowest BCUT2D eigenvalue weighted by molar-refractivity contribution is -0.389. The maximum atomic E-state index is 11.0. The van der Waals surface area contributed by atoms with Gasteiger partial charge < -0.3 is 0 Å². The van der Waals surface area contributed by atoms with E-state index in [1.165, 1.54) is 19.3 Å². The molecule has 0 bridgehead atoms. The van der Waals surface area contributed by atoms with Gasteiger partial charge in [0, 0.05) is 12.4 Å². The molecule has 0 aliphatic rings. The molecule has 0 spiro atoms. The summed E-state index contributed by atoms with van der Waals surface area (Å²) < 4.78 is 0. The van der Waals surface area contributed by atoms with Gasteiger partial charge in [0.25, 0.3) is 0 Å². The predicted octanol–water partition coefficient (Wildman–Crippen LogP) is 2.29. The Kier molecular flexibility index (Phi) is 3.68. The van der Waals surface area contributed by atoms with E-state index in [1.54, 1.807) is 6.07 Å². The second kappa shape index (κ2) is 5.23. The summed E-state index contributed by atoms with van der Waals surface area (Å²) in [6.45, 7) is 1.50. The number of nitro groups is 1. The van der Waals surface area contributed by atoms with Gasteiger partial charge in [0.2, 0.25) is 5.28 Å². The van der Waals surface area contributed by atoms with E-state index in [0.717, 1.165) is 11.8 Å². The van der Waals surface area contributed by atoms with E-state index in [1.807, 2.05) is 0 Å². The van der Waals surface area contributed by atoms with Gasteiger partial charge in [0.15, 0.2) is 10.2 Å². The molecule has 0 unspecified atom stereocenters. The van der Waals surface area contributed by atoms with E-state index < -0.39 is 4.92 Å². The predicted molar refractivity (Wildman–Crippen MR) is 64.6 cm³/mol. The summed E-state index contributed by atoms with van der Waals surface area (Å²) >= 11 is 6.67. The van der Waals surface area contributed by atoms with Gasteiger partial charge in [-0.25, -0.2) is 19.9 Å². The van der Waals surface area contributed by atoms with E-state index in [0.29, 0.717) is 5.16 Å². The molecule has 0 aliphatic carbocycles. The number of aromatic nitrogens is 4. The average Bonchev–Trinajstić information content (AvgIpc) is 2.28.